The van der Waals surface area contributed by atoms with E-state index < -0.39 is 11.9 Å². The van der Waals surface area contributed by atoms with Gasteiger partial charge in [0, 0.05) is 31.9 Å². The van der Waals surface area contributed by atoms with Gasteiger partial charge < -0.3 is 19.7 Å². The van der Waals surface area contributed by atoms with Crippen LogP contribution in [0.1, 0.15) is 6.42 Å². The summed E-state index contributed by atoms with van der Waals surface area (Å²) in [6.45, 7) is 4.17. The number of thiocarbonyl (C=S) groups is 1. The highest BCUT2D eigenvalue weighted by Gasteiger charge is 2.44. The van der Waals surface area contributed by atoms with Gasteiger partial charge in [-0.1, -0.05) is 0 Å². The Morgan fingerprint density at radius 1 is 1.12 bits per heavy atom. The minimum atomic E-state index is -0.740. The third kappa shape index (κ3) is 5.52. The predicted molar refractivity (Wildman–Crippen MR) is 130 cm³/mol. The van der Waals surface area contributed by atoms with Crippen LogP contribution in [0.3, 0.4) is 0 Å². The zero-order valence-electron chi connectivity index (χ0n) is 18.9. The largest absolute Gasteiger partial charge is 0.497 e. The van der Waals surface area contributed by atoms with Gasteiger partial charge in [0.2, 0.25) is 5.91 Å². The van der Waals surface area contributed by atoms with E-state index in [2.05, 4.69) is 10.2 Å². The first-order valence-corrected chi connectivity index (χ1v) is 11.5. The van der Waals surface area contributed by atoms with Crippen molar-refractivity contribution in [2.45, 2.75) is 12.5 Å². The summed E-state index contributed by atoms with van der Waals surface area (Å²) in [4.78, 5) is 31.8. The Bertz CT molecular complexity index is 1030. The number of methoxy groups -OCH3 is 1. The number of morpholine rings is 1. The zero-order valence-corrected chi connectivity index (χ0v) is 19.7. The number of ether oxygens (including phenoxy) is 2. The van der Waals surface area contributed by atoms with E-state index in [0.717, 1.165) is 13.1 Å². The van der Waals surface area contributed by atoms with Crippen LogP contribution >= 0.6 is 12.2 Å². The Morgan fingerprint density at radius 2 is 1.79 bits per heavy atom. The number of hydrogen-bond acceptors (Lipinski definition) is 6. The van der Waals surface area contributed by atoms with Crippen molar-refractivity contribution in [3.8, 4) is 5.75 Å². The maximum absolute atomic E-state index is 13.5. The third-order valence-corrected chi connectivity index (χ3v) is 6.33. The maximum atomic E-state index is 13.5. The monoisotopic (exact) mass is 486 g/mol. The van der Waals surface area contributed by atoms with Crippen LogP contribution in [0.5, 0.6) is 5.75 Å². The van der Waals surface area contributed by atoms with Crippen molar-refractivity contribution in [1.82, 2.24) is 9.80 Å². The summed E-state index contributed by atoms with van der Waals surface area (Å²) in [5, 5.41) is 3.10. The van der Waals surface area contributed by atoms with E-state index >= 15 is 0 Å². The van der Waals surface area contributed by atoms with Gasteiger partial charge in [0.25, 0.3) is 5.91 Å². The fourth-order valence-electron chi connectivity index (χ4n) is 4.05. The summed E-state index contributed by atoms with van der Waals surface area (Å²) in [6, 6.07) is 11.8. The highest BCUT2D eigenvalue weighted by Crippen LogP contribution is 2.29. The molecule has 1 N–H and O–H groups in total. The quantitative estimate of drug-likeness (QED) is 0.575. The molecule has 2 aromatic rings. The van der Waals surface area contributed by atoms with Gasteiger partial charge in [-0.25, -0.2) is 4.39 Å². The van der Waals surface area contributed by atoms with Gasteiger partial charge in [0.15, 0.2) is 5.11 Å². The summed E-state index contributed by atoms with van der Waals surface area (Å²) >= 11 is 5.71. The molecule has 1 atom stereocenters. The number of hydrogen-bond donors (Lipinski definition) is 1. The van der Waals surface area contributed by atoms with Crippen LogP contribution in [0.2, 0.25) is 0 Å². The number of anilines is 2. The molecule has 2 aliphatic heterocycles. The molecule has 0 unspecified atom stereocenters. The number of nitrogens with zero attached hydrogens (tertiary/aromatic N) is 3. The first-order chi connectivity index (χ1) is 16.5. The molecule has 8 nitrogen and oxygen atoms in total. The lowest BCUT2D eigenvalue weighted by atomic mass is 10.1. The molecule has 2 saturated heterocycles. The van der Waals surface area contributed by atoms with Gasteiger partial charge in [0.1, 0.15) is 17.6 Å². The first kappa shape index (κ1) is 24.1. The molecular formula is C24H27FN4O4S. The first-order valence-electron chi connectivity index (χ1n) is 11.1. The van der Waals surface area contributed by atoms with Crippen molar-refractivity contribution in [3.05, 3.63) is 54.3 Å². The van der Waals surface area contributed by atoms with Crippen molar-refractivity contribution < 1.29 is 23.5 Å². The van der Waals surface area contributed by atoms with E-state index in [1.165, 1.54) is 29.2 Å². The summed E-state index contributed by atoms with van der Waals surface area (Å²) in [5.41, 5.74) is 1.08. The normalized spacial score (nSPS) is 18.9. The number of benzene rings is 2. The summed E-state index contributed by atoms with van der Waals surface area (Å²) in [7, 11) is 1.57. The van der Waals surface area contributed by atoms with E-state index in [1.807, 2.05) is 4.90 Å². The molecule has 34 heavy (non-hydrogen) atoms. The molecule has 2 fully saturated rings. The van der Waals surface area contributed by atoms with Crippen LogP contribution < -0.4 is 15.0 Å². The molecular weight excluding hydrogens is 459 g/mol. The van der Waals surface area contributed by atoms with Crippen LogP contribution in [0, 0.1) is 5.82 Å². The number of carbonyl (C=O) groups excluding carboxylic acids is 2. The van der Waals surface area contributed by atoms with Gasteiger partial charge in [-0.15, -0.1) is 0 Å². The Labute approximate surface area is 203 Å². The average molecular weight is 487 g/mol. The number of amides is 2. The van der Waals surface area contributed by atoms with Crippen LogP contribution in [-0.2, 0) is 14.3 Å². The van der Waals surface area contributed by atoms with E-state index in [-0.39, 0.29) is 18.2 Å². The van der Waals surface area contributed by atoms with Crippen LogP contribution in [0.4, 0.5) is 15.8 Å². The molecule has 0 radical (unpaired) electrons. The Balaban J connectivity index is 1.51. The lowest BCUT2D eigenvalue weighted by Crippen LogP contribution is -2.45. The molecule has 2 amide bonds. The second kappa shape index (κ2) is 10.9. The second-order valence-corrected chi connectivity index (χ2v) is 8.44. The van der Waals surface area contributed by atoms with E-state index in [1.54, 1.807) is 31.4 Å². The Morgan fingerprint density at radius 3 is 2.44 bits per heavy atom. The molecule has 4 rings (SSSR count). The van der Waals surface area contributed by atoms with Crippen molar-refractivity contribution in [3.63, 3.8) is 0 Å². The Kier molecular flexibility index (Phi) is 7.71. The van der Waals surface area contributed by atoms with Crippen LogP contribution in [0.15, 0.2) is 48.5 Å². The number of nitrogens with one attached hydrogen (secondary N) is 1. The maximum Gasteiger partial charge on any atom is 0.256 e. The van der Waals surface area contributed by atoms with Crippen molar-refractivity contribution in [2.75, 3.05) is 56.7 Å². The van der Waals surface area contributed by atoms with Gasteiger partial charge in [-0.05, 0) is 60.7 Å². The molecule has 180 valence electrons. The molecule has 10 heteroatoms. The van der Waals surface area contributed by atoms with Crippen LogP contribution in [-0.4, -0.2) is 79.3 Å². The summed E-state index contributed by atoms with van der Waals surface area (Å²) in [5.74, 6) is -0.327. The van der Waals surface area contributed by atoms with Crippen molar-refractivity contribution in [1.29, 1.82) is 0 Å². The van der Waals surface area contributed by atoms with Crippen molar-refractivity contribution >= 4 is 40.5 Å². The lowest BCUT2D eigenvalue weighted by Gasteiger charge is -2.30. The minimum Gasteiger partial charge on any atom is -0.497 e. The Hall–Kier alpha value is -3.08. The average Bonchev–Trinajstić information content (AvgIpc) is 3.08. The minimum absolute atomic E-state index is 0.0773. The number of halogens is 1. The molecule has 2 aliphatic rings. The zero-order chi connectivity index (χ0) is 24.1. The van der Waals surface area contributed by atoms with Gasteiger partial charge in [-0.3, -0.25) is 19.4 Å². The molecule has 0 aliphatic carbocycles. The molecule has 0 bridgehead atoms. The fourth-order valence-corrected chi connectivity index (χ4v) is 4.47. The molecule has 2 heterocycles. The topological polar surface area (TPSA) is 74.4 Å². The number of rotatable bonds is 8. The van der Waals surface area contributed by atoms with Gasteiger partial charge >= 0.3 is 0 Å². The fraction of sp³-hybridized carbons (Fsp3) is 0.375. The molecule has 0 aromatic heterocycles. The summed E-state index contributed by atoms with van der Waals surface area (Å²) in [6.07, 6.45) is -0.0773. The van der Waals surface area contributed by atoms with E-state index in [0.29, 0.717) is 48.5 Å². The SMILES string of the molecule is COc1ccc(N2C(=O)[C@H](CC(=O)Nc3ccc(F)cc3)N(CCN3CCOCC3)C2=S)cc1. The summed E-state index contributed by atoms with van der Waals surface area (Å²) < 4.78 is 23.8. The number of carbonyl (C=O) groups is 2. The standard InChI is InChI=1S/C24H27FN4O4S/c1-32-20-8-6-19(7-9-20)29-23(31)21(16-22(30)26-18-4-2-17(25)3-5-18)28(24(29)34)11-10-27-12-14-33-15-13-27/h2-9,21H,10-16H2,1H3,(H,26,30)/t21-/m0/s1. The second-order valence-electron chi connectivity index (χ2n) is 8.08. The third-order valence-electron chi connectivity index (χ3n) is 5.92. The van der Waals surface area contributed by atoms with E-state index in [4.69, 9.17) is 21.7 Å². The predicted octanol–water partition coefficient (Wildman–Crippen LogP) is 2.50. The molecule has 0 spiro atoms. The molecule has 0 saturated carbocycles. The van der Waals surface area contributed by atoms with Gasteiger partial charge in [-0.2, -0.15) is 0 Å². The highest BCUT2D eigenvalue weighted by atomic mass is 32.1. The smallest absolute Gasteiger partial charge is 0.256 e. The lowest BCUT2D eigenvalue weighted by molar-refractivity contribution is -0.124. The van der Waals surface area contributed by atoms with E-state index in [9.17, 15) is 14.0 Å². The highest BCUT2D eigenvalue weighted by molar-refractivity contribution is 7.80. The van der Waals surface area contributed by atoms with Gasteiger partial charge in [0.05, 0.1) is 32.4 Å². The molecule has 2 aromatic carbocycles. The van der Waals surface area contributed by atoms with Crippen molar-refractivity contribution in [2.24, 2.45) is 0 Å². The van der Waals surface area contributed by atoms with Crippen LogP contribution in [0.25, 0.3) is 0 Å².